The van der Waals surface area contributed by atoms with Crippen molar-refractivity contribution in [2.75, 3.05) is 6.61 Å². The second-order valence-electron chi connectivity index (χ2n) is 6.45. The number of rotatable bonds is 5. The number of benzene rings is 2. The summed E-state index contributed by atoms with van der Waals surface area (Å²) in [5.74, 6) is -0.931. The number of hydrogen-bond donors (Lipinski definition) is 0. The predicted molar refractivity (Wildman–Crippen MR) is 101 cm³/mol. The van der Waals surface area contributed by atoms with Crippen LogP contribution in [0.15, 0.2) is 42.0 Å². The number of fused-ring (bicyclic) bond motifs is 1. The van der Waals surface area contributed by atoms with Gasteiger partial charge in [0.15, 0.2) is 5.78 Å². The molecule has 0 saturated heterocycles. The van der Waals surface area contributed by atoms with E-state index in [9.17, 15) is 19.7 Å². The smallest absolute Gasteiger partial charge is 0.335 e. The van der Waals surface area contributed by atoms with E-state index in [-0.39, 0.29) is 29.0 Å². The van der Waals surface area contributed by atoms with Crippen LogP contribution in [-0.2, 0) is 16.0 Å². The molecule has 6 nitrogen and oxygen atoms in total. The molecule has 0 amide bonds. The van der Waals surface area contributed by atoms with Crippen LogP contribution in [0.3, 0.4) is 0 Å². The summed E-state index contributed by atoms with van der Waals surface area (Å²) in [5.41, 5.74) is 3.53. The molecule has 0 saturated carbocycles. The third-order valence-electron chi connectivity index (χ3n) is 4.69. The Kier molecular flexibility index (Phi) is 4.90. The Hall–Kier alpha value is -3.28. The van der Waals surface area contributed by atoms with E-state index in [4.69, 9.17) is 4.74 Å². The molecule has 2 aromatic carbocycles. The third-order valence-corrected chi connectivity index (χ3v) is 4.69. The van der Waals surface area contributed by atoms with Gasteiger partial charge in [-0.3, -0.25) is 14.9 Å². The van der Waals surface area contributed by atoms with Gasteiger partial charge < -0.3 is 4.74 Å². The molecule has 0 aliphatic heterocycles. The van der Waals surface area contributed by atoms with Crippen molar-refractivity contribution in [3.8, 4) is 0 Å². The molecule has 0 N–H and O–H groups in total. The van der Waals surface area contributed by atoms with Crippen LogP contribution in [0.4, 0.5) is 5.69 Å². The highest BCUT2D eigenvalue weighted by atomic mass is 16.6. The molecule has 0 heterocycles. The number of carbonyl (C=O) groups excluding carboxylic acids is 2. The molecule has 1 aliphatic carbocycles. The Labute approximate surface area is 156 Å². The van der Waals surface area contributed by atoms with Gasteiger partial charge in [-0.15, -0.1) is 0 Å². The van der Waals surface area contributed by atoms with Crippen molar-refractivity contribution < 1.29 is 19.2 Å². The minimum absolute atomic E-state index is 0.124. The maximum atomic E-state index is 13.3. The van der Waals surface area contributed by atoms with Crippen LogP contribution in [0.25, 0.3) is 5.57 Å². The molecule has 0 bridgehead atoms. The Morgan fingerprint density at radius 1 is 1.19 bits per heavy atom. The fraction of sp³-hybridized carbons (Fsp3) is 0.238. The summed E-state index contributed by atoms with van der Waals surface area (Å²) in [5, 5.41) is 11.2. The number of ether oxygens (including phenoxy) is 1. The zero-order valence-electron chi connectivity index (χ0n) is 15.4. The SMILES string of the molecule is CCOC(=O)C1=C(C(=O)c2cccc([N+](=O)[O-])c2C)c2ccc(C)cc2C1. The summed E-state index contributed by atoms with van der Waals surface area (Å²) >= 11 is 0. The number of allylic oxidation sites excluding steroid dienone is 1. The molecule has 138 valence electrons. The van der Waals surface area contributed by atoms with E-state index in [0.717, 1.165) is 11.1 Å². The van der Waals surface area contributed by atoms with Gasteiger partial charge in [0.05, 0.1) is 17.1 Å². The Balaban J connectivity index is 2.18. The monoisotopic (exact) mass is 365 g/mol. The molecule has 2 aromatic rings. The average Bonchev–Trinajstić information content (AvgIpc) is 2.99. The largest absolute Gasteiger partial charge is 0.463 e. The molecule has 1 aliphatic rings. The molecule has 0 radical (unpaired) electrons. The second kappa shape index (κ2) is 7.15. The Morgan fingerprint density at radius 3 is 2.59 bits per heavy atom. The first-order valence-corrected chi connectivity index (χ1v) is 8.64. The molecule has 0 aromatic heterocycles. The first-order valence-electron chi connectivity index (χ1n) is 8.64. The van der Waals surface area contributed by atoms with Crippen LogP contribution in [-0.4, -0.2) is 23.3 Å². The number of nitro benzene ring substituents is 1. The number of nitrogens with zero attached hydrogens (tertiary/aromatic N) is 1. The van der Waals surface area contributed by atoms with E-state index in [0.29, 0.717) is 17.6 Å². The van der Waals surface area contributed by atoms with Crippen LogP contribution in [0.5, 0.6) is 0 Å². The van der Waals surface area contributed by atoms with E-state index >= 15 is 0 Å². The molecule has 0 spiro atoms. The normalized spacial score (nSPS) is 12.7. The van der Waals surface area contributed by atoms with Gasteiger partial charge in [-0.05, 0) is 31.9 Å². The topological polar surface area (TPSA) is 86.5 Å². The van der Waals surface area contributed by atoms with Crippen molar-refractivity contribution in [3.05, 3.63) is 79.9 Å². The number of ketones is 1. The Bertz CT molecular complexity index is 1000. The zero-order valence-corrected chi connectivity index (χ0v) is 15.4. The van der Waals surface area contributed by atoms with E-state index < -0.39 is 16.7 Å². The maximum absolute atomic E-state index is 13.3. The summed E-state index contributed by atoms with van der Waals surface area (Å²) in [6.07, 6.45) is 0.310. The number of carbonyl (C=O) groups is 2. The van der Waals surface area contributed by atoms with Crippen molar-refractivity contribution >= 4 is 23.0 Å². The van der Waals surface area contributed by atoms with Crippen molar-refractivity contribution in [2.45, 2.75) is 27.2 Å². The fourth-order valence-electron chi connectivity index (χ4n) is 3.41. The predicted octanol–water partition coefficient (Wildman–Crippen LogP) is 3.97. The van der Waals surface area contributed by atoms with Gasteiger partial charge in [0, 0.05) is 29.2 Å². The molecular formula is C21H19NO5. The van der Waals surface area contributed by atoms with Crippen molar-refractivity contribution in [1.29, 1.82) is 0 Å². The summed E-state index contributed by atoms with van der Waals surface area (Å²) in [4.78, 5) is 36.5. The summed E-state index contributed by atoms with van der Waals surface area (Å²) < 4.78 is 5.14. The van der Waals surface area contributed by atoms with Crippen LogP contribution < -0.4 is 0 Å². The summed E-state index contributed by atoms with van der Waals surface area (Å²) in [6, 6.07) is 10.0. The highest BCUT2D eigenvalue weighted by Gasteiger charge is 2.33. The third kappa shape index (κ3) is 3.26. The van der Waals surface area contributed by atoms with Gasteiger partial charge in [-0.2, -0.15) is 0 Å². The van der Waals surface area contributed by atoms with Crippen molar-refractivity contribution in [1.82, 2.24) is 0 Å². The molecule has 27 heavy (non-hydrogen) atoms. The lowest BCUT2D eigenvalue weighted by Crippen LogP contribution is -2.13. The van der Waals surface area contributed by atoms with Gasteiger partial charge in [0.2, 0.25) is 0 Å². The highest BCUT2D eigenvalue weighted by Crippen LogP contribution is 2.37. The van der Waals surface area contributed by atoms with Crippen LogP contribution in [0.1, 0.15) is 39.5 Å². The average molecular weight is 365 g/mol. The fourth-order valence-corrected chi connectivity index (χ4v) is 3.41. The lowest BCUT2D eigenvalue weighted by atomic mass is 9.93. The number of aryl methyl sites for hydroxylation is 1. The summed E-state index contributed by atoms with van der Waals surface area (Å²) in [7, 11) is 0. The van der Waals surface area contributed by atoms with Gasteiger partial charge >= 0.3 is 5.97 Å². The molecule has 0 fully saturated rings. The zero-order chi connectivity index (χ0) is 19.7. The minimum atomic E-state index is -0.530. The van der Waals surface area contributed by atoms with Gasteiger partial charge in [0.25, 0.3) is 5.69 Å². The summed E-state index contributed by atoms with van der Waals surface area (Å²) in [6.45, 7) is 5.39. The van der Waals surface area contributed by atoms with Gasteiger partial charge in [0.1, 0.15) is 0 Å². The number of Topliss-reactive ketones (excluding diaryl/α,β-unsaturated/α-hetero) is 1. The van der Waals surface area contributed by atoms with Gasteiger partial charge in [-0.25, -0.2) is 4.79 Å². The minimum Gasteiger partial charge on any atom is -0.463 e. The van der Waals surface area contributed by atoms with E-state index in [1.54, 1.807) is 19.9 Å². The van der Waals surface area contributed by atoms with E-state index in [1.807, 2.05) is 25.1 Å². The van der Waals surface area contributed by atoms with E-state index in [2.05, 4.69) is 0 Å². The molecule has 0 unspecified atom stereocenters. The first kappa shape index (κ1) is 18.5. The van der Waals surface area contributed by atoms with Crippen molar-refractivity contribution in [3.63, 3.8) is 0 Å². The lowest BCUT2D eigenvalue weighted by molar-refractivity contribution is -0.385. The van der Waals surface area contributed by atoms with Crippen LogP contribution in [0, 0.1) is 24.0 Å². The Morgan fingerprint density at radius 2 is 1.93 bits per heavy atom. The highest BCUT2D eigenvalue weighted by molar-refractivity contribution is 6.34. The maximum Gasteiger partial charge on any atom is 0.335 e. The number of hydrogen-bond acceptors (Lipinski definition) is 5. The number of nitro groups is 1. The van der Waals surface area contributed by atoms with Crippen LogP contribution in [0.2, 0.25) is 0 Å². The van der Waals surface area contributed by atoms with Crippen molar-refractivity contribution in [2.24, 2.45) is 0 Å². The molecule has 6 heteroatoms. The van der Waals surface area contributed by atoms with Crippen LogP contribution >= 0.6 is 0 Å². The van der Waals surface area contributed by atoms with E-state index in [1.165, 1.54) is 12.1 Å². The lowest BCUT2D eigenvalue weighted by Gasteiger charge is -2.10. The number of esters is 1. The molecule has 0 atom stereocenters. The second-order valence-corrected chi connectivity index (χ2v) is 6.45. The standard InChI is InChI=1S/C21H19NO5/c1-4-27-21(24)17-11-14-10-12(2)8-9-16(14)19(17)20(23)15-6-5-7-18(13(15)3)22(25)26/h5-10H,4,11H2,1-3H3. The van der Waals surface area contributed by atoms with Gasteiger partial charge in [-0.1, -0.05) is 35.9 Å². The quantitative estimate of drug-likeness (QED) is 0.346. The molecular weight excluding hydrogens is 346 g/mol. The molecule has 3 rings (SSSR count). The first-order chi connectivity index (χ1) is 12.8.